The Bertz CT molecular complexity index is 1420. The number of hydrogen-bond acceptors (Lipinski definition) is 6. The Morgan fingerprint density at radius 1 is 1.03 bits per heavy atom. The maximum absolute atomic E-state index is 13.1. The summed E-state index contributed by atoms with van der Waals surface area (Å²) in [5.41, 5.74) is 3.74. The van der Waals surface area contributed by atoms with Crippen LogP contribution in [0.25, 0.3) is 6.08 Å². The molecule has 5 rings (SSSR count). The zero-order valence-corrected chi connectivity index (χ0v) is 21.5. The fraction of sp³-hybridized carbons (Fsp3) is 0.207. The van der Waals surface area contributed by atoms with Gasteiger partial charge in [0, 0.05) is 13.1 Å². The number of rotatable bonds is 7. The first-order chi connectivity index (χ1) is 18.4. The Hall–Kier alpha value is -4.11. The van der Waals surface area contributed by atoms with Crippen LogP contribution in [0, 0.1) is 5.82 Å². The Morgan fingerprint density at radius 3 is 2.55 bits per heavy atom. The summed E-state index contributed by atoms with van der Waals surface area (Å²) in [6.07, 6.45) is 2.34. The van der Waals surface area contributed by atoms with Crippen molar-refractivity contribution in [3.05, 3.63) is 99.7 Å². The van der Waals surface area contributed by atoms with E-state index >= 15 is 0 Å². The first kappa shape index (κ1) is 25.5. The monoisotopic (exact) mass is 532 g/mol. The molecule has 3 amide bonds. The van der Waals surface area contributed by atoms with Crippen molar-refractivity contribution in [2.24, 2.45) is 0 Å². The van der Waals surface area contributed by atoms with Crippen molar-refractivity contribution in [1.82, 2.24) is 9.80 Å². The van der Waals surface area contributed by atoms with Gasteiger partial charge >= 0.3 is 0 Å². The molecule has 7 nitrogen and oxygen atoms in total. The zero-order chi connectivity index (χ0) is 26.6. The molecular formula is C29H25FN2O5S. The molecule has 0 N–H and O–H groups in total. The third kappa shape index (κ3) is 5.57. The lowest BCUT2D eigenvalue weighted by Crippen LogP contribution is -2.44. The van der Waals surface area contributed by atoms with Gasteiger partial charge in [-0.25, -0.2) is 4.39 Å². The molecule has 0 unspecified atom stereocenters. The summed E-state index contributed by atoms with van der Waals surface area (Å²) in [5.74, 6) is -0.146. The molecule has 2 aliphatic rings. The van der Waals surface area contributed by atoms with E-state index < -0.39 is 11.1 Å². The van der Waals surface area contributed by atoms with Crippen LogP contribution in [0.15, 0.2) is 71.6 Å². The van der Waals surface area contributed by atoms with Crippen LogP contribution in [-0.4, -0.2) is 47.1 Å². The fourth-order valence-corrected chi connectivity index (χ4v) is 5.20. The van der Waals surface area contributed by atoms with Crippen LogP contribution >= 0.6 is 11.8 Å². The van der Waals surface area contributed by atoms with E-state index in [-0.39, 0.29) is 29.8 Å². The van der Waals surface area contributed by atoms with E-state index in [1.165, 1.54) is 24.8 Å². The van der Waals surface area contributed by atoms with Gasteiger partial charge in [-0.1, -0.05) is 42.5 Å². The molecule has 0 spiro atoms. The standard InChI is InChI=1S/C29H25FN2O5S/c1-36-25-14-20(8-11-24(25)37-18-19-6-9-23(30)10-7-19)15-26-28(34)32(29(35)38-26)17-27(33)31-13-12-21-4-2-3-5-22(21)16-31/h2-11,14-15H,12-13,16-18H2,1H3/b26-15-. The maximum Gasteiger partial charge on any atom is 0.294 e. The van der Waals surface area contributed by atoms with E-state index in [2.05, 4.69) is 6.07 Å². The second-order valence-electron chi connectivity index (χ2n) is 8.93. The van der Waals surface area contributed by atoms with Crippen molar-refractivity contribution in [3.63, 3.8) is 0 Å². The number of halogens is 1. The maximum atomic E-state index is 13.1. The molecule has 2 heterocycles. The van der Waals surface area contributed by atoms with Crippen LogP contribution in [0.3, 0.4) is 0 Å². The molecular weight excluding hydrogens is 507 g/mol. The average molecular weight is 533 g/mol. The molecule has 0 radical (unpaired) electrons. The quantitative estimate of drug-likeness (QED) is 0.397. The smallest absolute Gasteiger partial charge is 0.294 e. The summed E-state index contributed by atoms with van der Waals surface area (Å²) in [4.78, 5) is 41.4. The number of carbonyl (C=O) groups excluding carboxylic acids is 3. The summed E-state index contributed by atoms with van der Waals surface area (Å²) in [6, 6.07) is 19.1. The number of fused-ring (bicyclic) bond motifs is 1. The van der Waals surface area contributed by atoms with E-state index in [1.807, 2.05) is 18.2 Å². The van der Waals surface area contributed by atoms with Gasteiger partial charge in [-0.15, -0.1) is 0 Å². The van der Waals surface area contributed by atoms with Crippen molar-refractivity contribution in [2.75, 3.05) is 20.2 Å². The predicted octanol–water partition coefficient (Wildman–Crippen LogP) is 5.03. The molecule has 0 saturated carbocycles. The average Bonchev–Trinajstić information content (AvgIpc) is 3.19. The first-order valence-corrected chi connectivity index (χ1v) is 12.9. The topological polar surface area (TPSA) is 76.2 Å². The van der Waals surface area contributed by atoms with Gasteiger partial charge in [-0.3, -0.25) is 19.3 Å². The summed E-state index contributed by atoms with van der Waals surface area (Å²) in [5, 5.41) is -0.474. The third-order valence-electron chi connectivity index (χ3n) is 6.44. The second kappa shape index (κ2) is 11.1. The van der Waals surface area contributed by atoms with Crippen molar-refractivity contribution in [3.8, 4) is 11.5 Å². The Labute approximate surface area is 223 Å². The predicted molar refractivity (Wildman–Crippen MR) is 142 cm³/mol. The van der Waals surface area contributed by atoms with Crippen molar-refractivity contribution in [2.45, 2.75) is 19.6 Å². The van der Waals surface area contributed by atoms with Gasteiger partial charge in [0.1, 0.15) is 19.0 Å². The van der Waals surface area contributed by atoms with Crippen LogP contribution in [0.4, 0.5) is 9.18 Å². The second-order valence-corrected chi connectivity index (χ2v) is 9.92. The zero-order valence-electron chi connectivity index (χ0n) is 20.7. The van der Waals surface area contributed by atoms with Crippen molar-refractivity contribution >= 4 is 34.9 Å². The van der Waals surface area contributed by atoms with E-state index in [0.717, 1.165) is 34.2 Å². The van der Waals surface area contributed by atoms with Crippen molar-refractivity contribution < 1.29 is 28.2 Å². The van der Waals surface area contributed by atoms with E-state index in [0.29, 0.717) is 30.2 Å². The molecule has 38 heavy (non-hydrogen) atoms. The number of nitrogens with zero attached hydrogens (tertiary/aromatic N) is 2. The van der Waals surface area contributed by atoms with Crippen molar-refractivity contribution in [1.29, 1.82) is 0 Å². The van der Waals surface area contributed by atoms with Gasteiger partial charge in [0.05, 0.1) is 12.0 Å². The van der Waals surface area contributed by atoms with Crippen LogP contribution in [-0.2, 0) is 29.2 Å². The van der Waals surface area contributed by atoms with Crippen LogP contribution in [0.1, 0.15) is 22.3 Å². The highest BCUT2D eigenvalue weighted by molar-refractivity contribution is 8.18. The molecule has 2 aliphatic heterocycles. The van der Waals surface area contributed by atoms with Gasteiger partial charge in [-0.05, 0) is 70.8 Å². The van der Waals surface area contributed by atoms with Crippen LogP contribution in [0.2, 0.25) is 0 Å². The number of thioether (sulfide) groups is 1. The lowest BCUT2D eigenvalue weighted by Gasteiger charge is -2.29. The fourth-order valence-electron chi connectivity index (χ4n) is 4.37. The SMILES string of the molecule is COc1cc(/C=C2\SC(=O)N(CC(=O)N3CCc4ccccc4C3)C2=O)ccc1OCc1ccc(F)cc1. The summed E-state index contributed by atoms with van der Waals surface area (Å²) < 4.78 is 24.4. The molecule has 3 aromatic carbocycles. The van der Waals surface area contributed by atoms with Gasteiger partial charge in [0.2, 0.25) is 5.91 Å². The summed E-state index contributed by atoms with van der Waals surface area (Å²) in [7, 11) is 1.50. The molecule has 0 aromatic heterocycles. The molecule has 3 aromatic rings. The highest BCUT2D eigenvalue weighted by Crippen LogP contribution is 2.35. The Balaban J connectivity index is 1.24. The molecule has 0 bridgehead atoms. The lowest BCUT2D eigenvalue weighted by atomic mass is 10.00. The lowest BCUT2D eigenvalue weighted by molar-refractivity contribution is -0.136. The number of benzene rings is 3. The first-order valence-electron chi connectivity index (χ1n) is 12.1. The minimum atomic E-state index is -0.499. The highest BCUT2D eigenvalue weighted by Gasteiger charge is 2.37. The minimum absolute atomic E-state index is 0.228. The molecule has 1 fully saturated rings. The largest absolute Gasteiger partial charge is 0.493 e. The Morgan fingerprint density at radius 2 is 1.79 bits per heavy atom. The molecule has 9 heteroatoms. The molecule has 1 saturated heterocycles. The number of amides is 3. The highest BCUT2D eigenvalue weighted by atomic mass is 32.2. The molecule has 194 valence electrons. The molecule has 0 aliphatic carbocycles. The number of imide groups is 1. The van der Waals surface area contributed by atoms with E-state index in [4.69, 9.17) is 9.47 Å². The molecule has 0 atom stereocenters. The normalized spacial score (nSPS) is 16.1. The number of ether oxygens (including phenoxy) is 2. The van der Waals surface area contributed by atoms with Crippen LogP contribution < -0.4 is 9.47 Å². The van der Waals surface area contributed by atoms with Gasteiger partial charge < -0.3 is 14.4 Å². The minimum Gasteiger partial charge on any atom is -0.493 e. The summed E-state index contributed by atoms with van der Waals surface area (Å²) >= 11 is 0.805. The van der Waals surface area contributed by atoms with Gasteiger partial charge in [0.25, 0.3) is 11.1 Å². The van der Waals surface area contributed by atoms with Crippen LogP contribution in [0.5, 0.6) is 11.5 Å². The number of hydrogen-bond donors (Lipinski definition) is 0. The van der Waals surface area contributed by atoms with E-state index in [1.54, 1.807) is 41.3 Å². The number of carbonyl (C=O) groups is 3. The Kier molecular flexibility index (Phi) is 7.46. The third-order valence-corrected chi connectivity index (χ3v) is 7.35. The summed E-state index contributed by atoms with van der Waals surface area (Å²) in [6.45, 7) is 0.961. The number of methoxy groups -OCH3 is 1. The van der Waals surface area contributed by atoms with Gasteiger partial charge in [0.15, 0.2) is 11.5 Å². The van der Waals surface area contributed by atoms with Gasteiger partial charge in [-0.2, -0.15) is 0 Å². The van der Waals surface area contributed by atoms with E-state index in [9.17, 15) is 18.8 Å².